The van der Waals surface area contributed by atoms with E-state index in [9.17, 15) is 4.39 Å². The van der Waals surface area contributed by atoms with E-state index in [-0.39, 0.29) is 17.9 Å². The number of nitrogens with zero attached hydrogens (tertiary/aromatic N) is 1. The zero-order valence-corrected chi connectivity index (χ0v) is 12.0. The van der Waals surface area contributed by atoms with Crippen molar-refractivity contribution in [3.63, 3.8) is 0 Å². The van der Waals surface area contributed by atoms with Gasteiger partial charge in [0, 0.05) is 18.1 Å². The van der Waals surface area contributed by atoms with E-state index >= 15 is 0 Å². The summed E-state index contributed by atoms with van der Waals surface area (Å²) in [6, 6.07) is 7.60. The molecule has 1 aliphatic rings. The number of nitrogens with two attached hydrogens (primary N) is 1. The predicted molar refractivity (Wildman–Crippen MR) is 77.4 cm³/mol. The molecular formula is C16H25FN2. The van der Waals surface area contributed by atoms with Crippen molar-refractivity contribution < 1.29 is 4.39 Å². The standard InChI is InChI=1S/C16H25FN2/c1-12(18)16(13-8-10-14(17)11-9-13)19(2)15-6-4-3-5-7-15/h8-12,15-16H,3-7,18H2,1-2H3. The lowest BCUT2D eigenvalue weighted by Crippen LogP contribution is -2.43. The number of hydrogen-bond acceptors (Lipinski definition) is 2. The molecule has 2 unspecified atom stereocenters. The number of rotatable bonds is 4. The number of halogens is 1. The Balaban J connectivity index is 2.16. The van der Waals surface area contributed by atoms with Crippen LogP contribution >= 0.6 is 0 Å². The second-order valence-corrected chi connectivity index (χ2v) is 5.81. The summed E-state index contributed by atoms with van der Waals surface area (Å²) in [5.74, 6) is -0.188. The first-order valence-corrected chi connectivity index (χ1v) is 7.32. The van der Waals surface area contributed by atoms with Crippen LogP contribution in [0.1, 0.15) is 50.6 Å². The van der Waals surface area contributed by atoms with Crippen LogP contribution in [0.15, 0.2) is 24.3 Å². The fourth-order valence-corrected chi connectivity index (χ4v) is 3.28. The molecule has 2 rings (SSSR count). The van der Waals surface area contributed by atoms with E-state index in [1.165, 1.54) is 44.2 Å². The highest BCUT2D eigenvalue weighted by Gasteiger charge is 2.27. The maximum absolute atomic E-state index is 13.1. The van der Waals surface area contributed by atoms with Gasteiger partial charge in [0.2, 0.25) is 0 Å². The molecule has 1 fully saturated rings. The van der Waals surface area contributed by atoms with Crippen molar-refractivity contribution >= 4 is 0 Å². The van der Waals surface area contributed by atoms with E-state index in [0.29, 0.717) is 6.04 Å². The fourth-order valence-electron chi connectivity index (χ4n) is 3.28. The monoisotopic (exact) mass is 264 g/mol. The van der Waals surface area contributed by atoms with Crippen LogP contribution in [0.3, 0.4) is 0 Å². The molecule has 1 aromatic rings. The molecule has 1 saturated carbocycles. The summed E-state index contributed by atoms with van der Waals surface area (Å²) in [4.78, 5) is 2.40. The molecule has 19 heavy (non-hydrogen) atoms. The van der Waals surface area contributed by atoms with Crippen molar-refractivity contribution in [2.75, 3.05) is 7.05 Å². The van der Waals surface area contributed by atoms with Gasteiger partial charge in [-0.1, -0.05) is 31.4 Å². The van der Waals surface area contributed by atoms with Crippen LogP contribution in [-0.2, 0) is 0 Å². The first kappa shape index (κ1) is 14.5. The van der Waals surface area contributed by atoms with Gasteiger partial charge in [-0.3, -0.25) is 4.90 Å². The lowest BCUT2D eigenvalue weighted by Gasteiger charge is -2.39. The Morgan fingerprint density at radius 1 is 1.16 bits per heavy atom. The topological polar surface area (TPSA) is 29.3 Å². The van der Waals surface area contributed by atoms with E-state index in [0.717, 1.165) is 5.56 Å². The van der Waals surface area contributed by atoms with Crippen LogP contribution < -0.4 is 5.73 Å². The summed E-state index contributed by atoms with van der Waals surface area (Å²) in [5.41, 5.74) is 7.29. The van der Waals surface area contributed by atoms with Crippen LogP contribution in [0.2, 0.25) is 0 Å². The van der Waals surface area contributed by atoms with Gasteiger partial charge in [0.15, 0.2) is 0 Å². The average molecular weight is 264 g/mol. The summed E-state index contributed by atoms with van der Waals surface area (Å²) in [7, 11) is 2.16. The van der Waals surface area contributed by atoms with Crippen LogP contribution in [0, 0.1) is 5.82 Å². The Hall–Kier alpha value is -0.930. The van der Waals surface area contributed by atoms with Crippen molar-refractivity contribution in [2.45, 2.75) is 57.2 Å². The molecule has 0 radical (unpaired) electrons. The molecule has 0 aromatic heterocycles. The van der Waals surface area contributed by atoms with Gasteiger partial charge in [0.1, 0.15) is 5.82 Å². The van der Waals surface area contributed by atoms with Gasteiger partial charge in [-0.2, -0.15) is 0 Å². The largest absolute Gasteiger partial charge is 0.326 e. The van der Waals surface area contributed by atoms with Crippen LogP contribution in [0.5, 0.6) is 0 Å². The van der Waals surface area contributed by atoms with Gasteiger partial charge >= 0.3 is 0 Å². The Kier molecular flexibility index (Phi) is 4.94. The molecule has 2 atom stereocenters. The van der Waals surface area contributed by atoms with E-state index in [4.69, 9.17) is 5.73 Å². The third-order valence-electron chi connectivity index (χ3n) is 4.30. The van der Waals surface area contributed by atoms with Gasteiger partial charge in [-0.25, -0.2) is 4.39 Å². The highest BCUT2D eigenvalue weighted by molar-refractivity contribution is 5.21. The summed E-state index contributed by atoms with van der Waals surface area (Å²) in [6.07, 6.45) is 6.47. The first-order valence-electron chi connectivity index (χ1n) is 7.32. The Morgan fingerprint density at radius 2 is 1.74 bits per heavy atom. The first-order chi connectivity index (χ1) is 9.09. The minimum atomic E-state index is -0.188. The lowest BCUT2D eigenvalue weighted by molar-refractivity contribution is 0.123. The minimum Gasteiger partial charge on any atom is -0.326 e. The zero-order valence-electron chi connectivity index (χ0n) is 12.0. The second kappa shape index (κ2) is 6.49. The number of hydrogen-bond donors (Lipinski definition) is 1. The van der Waals surface area contributed by atoms with E-state index in [2.05, 4.69) is 11.9 Å². The maximum Gasteiger partial charge on any atom is 0.123 e. The molecule has 1 aromatic carbocycles. The van der Waals surface area contributed by atoms with Crippen LogP contribution in [0.25, 0.3) is 0 Å². The molecule has 3 heteroatoms. The van der Waals surface area contributed by atoms with Crippen molar-refractivity contribution in [3.8, 4) is 0 Å². The van der Waals surface area contributed by atoms with Crippen molar-refractivity contribution in [1.29, 1.82) is 0 Å². The van der Waals surface area contributed by atoms with Crippen molar-refractivity contribution in [2.24, 2.45) is 5.73 Å². The third-order valence-corrected chi connectivity index (χ3v) is 4.30. The molecular weight excluding hydrogens is 239 g/mol. The SMILES string of the molecule is CC(N)C(c1ccc(F)cc1)N(C)C1CCCCC1. The summed E-state index contributed by atoms with van der Waals surface area (Å²) < 4.78 is 13.1. The smallest absolute Gasteiger partial charge is 0.123 e. The van der Waals surface area contributed by atoms with Crippen LogP contribution in [-0.4, -0.2) is 24.0 Å². The number of benzene rings is 1. The number of likely N-dealkylation sites (N-methyl/N-ethyl adjacent to an activating group) is 1. The van der Waals surface area contributed by atoms with Gasteiger partial charge in [0.25, 0.3) is 0 Å². The van der Waals surface area contributed by atoms with Gasteiger partial charge in [0.05, 0.1) is 0 Å². The molecule has 106 valence electrons. The van der Waals surface area contributed by atoms with E-state index in [1.54, 1.807) is 0 Å². The Bertz CT molecular complexity index is 382. The molecule has 0 heterocycles. The molecule has 1 aliphatic carbocycles. The predicted octanol–water partition coefficient (Wildman–Crippen LogP) is 3.48. The maximum atomic E-state index is 13.1. The average Bonchev–Trinajstić information content (AvgIpc) is 2.42. The van der Waals surface area contributed by atoms with Crippen LogP contribution in [0.4, 0.5) is 4.39 Å². The molecule has 2 N–H and O–H groups in total. The molecule has 0 bridgehead atoms. The van der Waals surface area contributed by atoms with Crippen molar-refractivity contribution in [3.05, 3.63) is 35.6 Å². The van der Waals surface area contributed by atoms with Gasteiger partial charge in [-0.05, 0) is 44.5 Å². The summed E-state index contributed by atoms with van der Waals surface area (Å²) in [6.45, 7) is 2.04. The molecule has 0 spiro atoms. The molecule has 0 amide bonds. The molecule has 0 aliphatic heterocycles. The fraction of sp³-hybridized carbons (Fsp3) is 0.625. The van der Waals surface area contributed by atoms with Gasteiger partial charge in [-0.15, -0.1) is 0 Å². The quantitative estimate of drug-likeness (QED) is 0.902. The van der Waals surface area contributed by atoms with Crippen molar-refractivity contribution in [1.82, 2.24) is 4.90 Å². The molecule has 2 nitrogen and oxygen atoms in total. The summed E-state index contributed by atoms with van der Waals surface area (Å²) in [5, 5.41) is 0. The summed E-state index contributed by atoms with van der Waals surface area (Å²) >= 11 is 0. The van der Waals surface area contributed by atoms with Gasteiger partial charge < -0.3 is 5.73 Å². The minimum absolute atomic E-state index is 0.0392. The second-order valence-electron chi connectivity index (χ2n) is 5.81. The van der Waals surface area contributed by atoms with E-state index < -0.39 is 0 Å². The Morgan fingerprint density at radius 3 is 2.26 bits per heavy atom. The highest BCUT2D eigenvalue weighted by atomic mass is 19.1. The highest BCUT2D eigenvalue weighted by Crippen LogP contribution is 2.30. The normalized spacial score (nSPS) is 20.5. The third kappa shape index (κ3) is 3.54. The molecule has 0 saturated heterocycles. The zero-order chi connectivity index (χ0) is 13.8. The Labute approximate surface area is 115 Å². The lowest BCUT2D eigenvalue weighted by atomic mass is 9.91. The van der Waals surface area contributed by atoms with E-state index in [1.807, 2.05) is 19.1 Å².